The number of hydrogen-bond donors (Lipinski definition) is 1. The van der Waals surface area contributed by atoms with Crippen molar-refractivity contribution in [1.82, 2.24) is 0 Å². The number of carbonyl (C=O) groups is 1. The van der Waals surface area contributed by atoms with Crippen molar-refractivity contribution < 1.29 is 9.18 Å². The Morgan fingerprint density at radius 1 is 1.58 bits per heavy atom. The molecule has 0 aliphatic heterocycles. The van der Waals surface area contributed by atoms with Crippen LogP contribution in [0.2, 0.25) is 0 Å². The van der Waals surface area contributed by atoms with E-state index in [1.165, 1.54) is 19.1 Å². The van der Waals surface area contributed by atoms with Gasteiger partial charge in [-0.15, -0.1) is 0 Å². The molecule has 0 spiro atoms. The summed E-state index contributed by atoms with van der Waals surface area (Å²) >= 11 is 1.79. The molecule has 1 aromatic rings. The molecule has 64 valence electrons. The number of nitrogen functional groups attached to an aromatic ring is 1. The molecule has 0 amide bonds. The first-order chi connectivity index (χ1) is 5.52. The molecular weight excluding hydrogens is 272 g/mol. The Morgan fingerprint density at radius 3 is 2.67 bits per heavy atom. The molecule has 0 atom stereocenters. The number of carbonyl (C=O) groups excluding carboxylic acids is 1. The van der Waals surface area contributed by atoms with Crippen LogP contribution in [0.1, 0.15) is 17.3 Å². The Kier molecular flexibility index (Phi) is 2.66. The Morgan fingerprint density at radius 2 is 2.17 bits per heavy atom. The largest absolute Gasteiger partial charge is 0.399 e. The van der Waals surface area contributed by atoms with Crippen molar-refractivity contribution in [3.05, 3.63) is 27.1 Å². The second-order valence-electron chi connectivity index (χ2n) is 2.42. The predicted molar refractivity (Wildman–Crippen MR) is 53.5 cm³/mol. The van der Waals surface area contributed by atoms with Gasteiger partial charge in [-0.25, -0.2) is 4.39 Å². The van der Waals surface area contributed by atoms with Crippen molar-refractivity contribution in [3.63, 3.8) is 0 Å². The molecule has 1 aromatic carbocycles. The molecule has 2 N–H and O–H groups in total. The Bertz CT molecular complexity index is 338. The van der Waals surface area contributed by atoms with Gasteiger partial charge in [-0.2, -0.15) is 0 Å². The van der Waals surface area contributed by atoms with E-state index < -0.39 is 5.82 Å². The number of nitrogens with two attached hydrogens (primary N) is 1. The monoisotopic (exact) mass is 279 g/mol. The summed E-state index contributed by atoms with van der Waals surface area (Å²) in [5.41, 5.74) is 5.99. The number of anilines is 1. The molecule has 0 unspecified atom stereocenters. The lowest BCUT2D eigenvalue weighted by atomic mass is 10.1. The van der Waals surface area contributed by atoms with Crippen LogP contribution in [0.15, 0.2) is 12.1 Å². The summed E-state index contributed by atoms with van der Waals surface area (Å²) in [6, 6.07) is 2.68. The van der Waals surface area contributed by atoms with Gasteiger partial charge >= 0.3 is 0 Å². The number of hydrogen-bond acceptors (Lipinski definition) is 2. The minimum Gasteiger partial charge on any atom is -0.399 e. The summed E-state index contributed by atoms with van der Waals surface area (Å²) in [6.07, 6.45) is 0. The Balaban J connectivity index is 3.37. The zero-order valence-corrected chi connectivity index (χ0v) is 8.55. The maximum Gasteiger partial charge on any atom is 0.161 e. The highest BCUT2D eigenvalue weighted by molar-refractivity contribution is 14.1. The van der Waals surface area contributed by atoms with Crippen LogP contribution in [0, 0.1) is 9.39 Å². The summed E-state index contributed by atoms with van der Waals surface area (Å²) in [5, 5.41) is 0. The molecule has 2 nitrogen and oxygen atoms in total. The van der Waals surface area contributed by atoms with Gasteiger partial charge in [-0.3, -0.25) is 4.79 Å². The van der Waals surface area contributed by atoms with Gasteiger partial charge in [0.2, 0.25) is 0 Å². The number of halogens is 2. The standard InChI is InChI=1S/C8H7FINO/c1-4(12)6-2-5(11)3-7(9)8(6)10/h2-3H,11H2,1H3. The smallest absolute Gasteiger partial charge is 0.161 e. The third kappa shape index (κ3) is 1.74. The quantitative estimate of drug-likeness (QED) is 0.486. The van der Waals surface area contributed by atoms with E-state index in [0.29, 0.717) is 9.13 Å². The SMILES string of the molecule is CC(=O)c1cc(N)cc(F)c1I. The van der Waals surface area contributed by atoms with E-state index in [1.54, 1.807) is 22.6 Å². The number of benzene rings is 1. The summed E-state index contributed by atoms with van der Waals surface area (Å²) in [4.78, 5) is 10.9. The van der Waals surface area contributed by atoms with Gasteiger partial charge < -0.3 is 5.73 Å². The molecule has 0 bridgehead atoms. The lowest BCUT2D eigenvalue weighted by Gasteiger charge is -2.02. The van der Waals surface area contributed by atoms with Gasteiger partial charge in [-0.05, 0) is 41.6 Å². The molecule has 0 saturated heterocycles. The van der Waals surface area contributed by atoms with E-state index in [1.807, 2.05) is 0 Å². The van der Waals surface area contributed by atoms with Crippen LogP contribution in [0.4, 0.5) is 10.1 Å². The van der Waals surface area contributed by atoms with E-state index >= 15 is 0 Å². The van der Waals surface area contributed by atoms with E-state index in [9.17, 15) is 9.18 Å². The van der Waals surface area contributed by atoms with Gasteiger partial charge in [0.25, 0.3) is 0 Å². The summed E-state index contributed by atoms with van der Waals surface area (Å²) < 4.78 is 13.3. The van der Waals surface area contributed by atoms with E-state index in [-0.39, 0.29) is 11.5 Å². The molecule has 0 aliphatic carbocycles. The molecule has 0 saturated carbocycles. The van der Waals surface area contributed by atoms with E-state index in [0.717, 1.165) is 0 Å². The van der Waals surface area contributed by atoms with Crippen LogP contribution in [0.25, 0.3) is 0 Å². The first kappa shape index (κ1) is 9.44. The molecule has 0 radical (unpaired) electrons. The molecule has 1 rings (SSSR count). The zero-order valence-electron chi connectivity index (χ0n) is 6.40. The normalized spacial score (nSPS) is 9.92. The highest BCUT2D eigenvalue weighted by Gasteiger charge is 2.10. The minimum absolute atomic E-state index is 0.175. The topological polar surface area (TPSA) is 43.1 Å². The molecule has 0 heterocycles. The van der Waals surface area contributed by atoms with Gasteiger partial charge in [0, 0.05) is 11.3 Å². The summed E-state index contributed by atoms with van der Waals surface area (Å²) in [5.74, 6) is -0.619. The zero-order chi connectivity index (χ0) is 9.30. The fourth-order valence-corrected chi connectivity index (χ4v) is 1.56. The average molecular weight is 279 g/mol. The third-order valence-electron chi connectivity index (χ3n) is 1.43. The molecule has 0 fully saturated rings. The maximum absolute atomic E-state index is 13.0. The van der Waals surface area contributed by atoms with Gasteiger partial charge in [0.05, 0.1) is 3.57 Å². The molecule has 0 aliphatic rings. The molecular formula is C8H7FINO. The second kappa shape index (κ2) is 3.38. The number of Topliss-reactive ketones (excluding diaryl/α,β-unsaturated/α-hetero) is 1. The molecule has 4 heteroatoms. The summed E-state index contributed by atoms with van der Waals surface area (Å²) in [6.45, 7) is 1.39. The molecule has 12 heavy (non-hydrogen) atoms. The van der Waals surface area contributed by atoms with Gasteiger partial charge in [0.1, 0.15) is 5.82 Å². The first-order valence-corrected chi connectivity index (χ1v) is 4.35. The van der Waals surface area contributed by atoms with Crippen molar-refractivity contribution in [3.8, 4) is 0 Å². The number of rotatable bonds is 1. The molecule has 0 aromatic heterocycles. The second-order valence-corrected chi connectivity index (χ2v) is 3.50. The summed E-state index contributed by atoms with van der Waals surface area (Å²) in [7, 11) is 0. The fraction of sp³-hybridized carbons (Fsp3) is 0.125. The van der Waals surface area contributed by atoms with Crippen molar-refractivity contribution in [2.75, 3.05) is 5.73 Å². The van der Waals surface area contributed by atoms with Crippen molar-refractivity contribution >= 4 is 34.1 Å². The lowest BCUT2D eigenvalue weighted by Crippen LogP contribution is -2.01. The highest BCUT2D eigenvalue weighted by Crippen LogP contribution is 2.20. The first-order valence-electron chi connectivity index (χ1n) is 3.28. The number of ketones is 1. The van der Waals surface area contributed by atoms with Gasteiger partial charge in [0.15, 0.2) is 5.78 Å². The van der Waals surface area contributed by atoms with Crippen LogP contribution in [0.3, 0.4) is 0 Å². The van der Waals surface area contributed by atoms with Crippen LogP contribution in [0.5, 0.6) is 0 Å². The van der Waals surface area contributed by atoms with Crippen LogP contribution in [-0.4, -0.2) is 5.78 Å². The third-order valence-corrected chi connectivity index (χ3v) is 2.53. The van der Waals surface area contributed by atoms with E-state index in [2.05, 4.69) is 0 Å². The van der Waals surface area contributed by atoms with E-state index in [4.69, 9.17) is 5.73 Å². The minimum atomic E-state index is -0.444. The lowest BCUT2D eigenvalue weighted by molar-refractivity contribution is 0.101. The predicted octanol–water partition coefficient (Wildman–Crippen LogP) is 2.22. The van der Waals surface area contributed by atoms with Crippen molar-refractivity contribution in [1.29, 1.82) is 0 Å². The van der Waals surface area contributed by atoms with Crippen LogP contribution < -0.4 is 5.73 Å². The maximum atomic E-state index is 13.0. The highest BCUT2D eigenvalue weighted by atomic mass is 127. The van der Waals surface area contributed by atoms with Crippen molar-refractivity contribution in [2.24, 2.45) is 0 Å². The van der Waals surface area contributed by atoms with Crippen molar-refractivity contribution in [2.45, 2.75) is 6.92 Å². The fourth-order valence-electron chi connectivity index (χ4n) is 0.866. The van der Waals surface area contributed by atoms with Crippen LogP contribution >= 0.6 is 22.6 Å². The average Bonchev–Trinajstić information content (AvgIpc) is 1.96. The Hall–Kier alpha value is -0.650. The Labute approximate surface area is 83.1 Å². The van der Waals surface area contributed by atoms with Crippen LogP contribution in [-0.2, 0) is 0 Å². The van der Waals surface area contributed by atoms with Gasteiger partial charge in [-0.1, -0.05) is 0 Å².